The molecule has 4 nitrogen and oxygen atoms in total. The van der Waals surface area contributed by atoms with Crippen LogP contribution in [0, 0.1) is 0 Å². The molecule has 0 unspecified atom stereocenters. The first kappa shape index (κ1) is 15.7. The zero-order chi connectivity index (χ0) is 14.6. The van der Waals surface area contributed by atoms with Crippen LogP contribution < -0.4 is 10.0 Å². The van der Waals surface area contributed by atoms with Crippen molar-refractivity contribution in [2.24, 2.45) is 0 Å². The Bertz CT molecular complexity index is 683. The summed E-state index contributed by atoms with van der Waals surface area (Å²) < 4.78 is 27.9. The summed E-state index contributed by atoms with van der Waals surface area (Å²) in [5, 5.41) is 4.66. The van der Waals surface area contributed by atoms with E-state index in [1.807, 2.05) is 31.3 Å². The maximum Gasteiger partial charge on any atom is 0.241 e. The molecule has 0 bridgehead atoms. The van der Waals surface area contributed by atoms with Gasteiger partial charge in [0, 0.05) is 27.8 Å². The molecule has 0 saturated heterocycles. The van der Waals surface area contributed by atoms with Crippen molar-refractivity contribution in [2.45, 2.75) is 18.0 Å². The normalized spacial score (nSPS) is 11.7. The molecule has 108 valence electrons. The highest BCUT2D eigenvalue weighted by Crippen LogP contribution is 2.20. The van der Waals surface area contributed by atoms with E-state index in [-0.39, 0.29) is 6.54 Å². The molecule has 0 saturated carbocycles. The molecule has 0 amide bonds. The third-order valence-corrected chi connectivity index (χ3v) is 5.94. The fourth-order valence-corrected chi connectivity index (χ4v) is 4.38. The standard InChI is InChI=1S/C13H15BrN2O2S2/c1-15-8-11-6-12(9-19-11)20(17,18)16-7-10-4-2-3-5-13(10)14/h2-6,9,15-16H,7-8H2,1H3. The van der Waals surface area contributed by atoms with Gasteiger partial charge >= 0.3 is 0 Å². The molecule has 0 atom stereocenters. The molecule has 2 rings (SSSR count). The van der Waals surface area contributed by atoms with Crippen molar-refractivity contribution in [1.29, 1.82) is 0 Å². The fourth-order valence-electron chi connectivity index (χ4n) is 1.67. The molecular formula is C13H15BrN2O2S2. The monoisotopic (exact) mass is 374 g/mol. The van der Waals surface area contributed by atoms with Crippen molar-refractivity contribution < 1.29 is 8.42 Å². The van der Waals surface area contributed by atoms with Gasteiger partial charge in [0.25, 0.3) is 0 Å². The molecule has 0 aliphatic carbocycles. The Morgan fingerprint density at radius 2 is 2.00 bits per heavy atom. The first-order chi connectivity index (χ1) is 9.53. The van der Waals surface area contributed by atoms with Gasteiger partial charge in [-0.1, -0.05) is 34.1 Å². The van der Waals surface area contributed by atoms with Crippen LogP contribution in [0.2, 0.25) is 0 Å². The van der Waals surface area contributed by atoms with Crippen LogP contribution in [0.1, 0.15) is 10.4 Å². The van der Waals surface area contributed by atoms with E-state index in [4.69, 9.17) is 0 Å². The minimum Gasteiger partial charge on any atom is -0.315 e. The molecule has 20 heavy (non-hydrogen) atoms. The van der Waals surface area contributed by atoms with Crippen molar-refractivity contribution in [3.63, 3.8) is 0 Å². The predicted octanol–water partition coefficient (Wildman–Crippen LogP) is 2.71. The SMILES string of the molecule is CNCc1cc(S(=O)(=O)NCc2ccccc2Br)cs1. The van der Waals surface area contributed by atoms with Crippen molar-refractivity contribution in [2.75, 3.05) is 7.05 Å². The summed E-state index contributed by atoms with van der Waals surface area (Å²) in [6, 6.07) is 9.24. The van der Waals surface area contributed by atoms with Gasteiger partial charge in [-0.25, -0.2) is 13.1 Å². The molecule has 1 heterocycles. The third kappa shape index (κ3) is 3.89. The van der Waals surface area contributed by atoms with Crippen LogP contribution in [0.5, 0.6) is 0 Å². The Balaban J connectivity index is 2.09. The number of halogens is 1. The first-order valence-electron chi connectivity index (χ1n) is 5.98. The van der Waals surface area contributed by atoms with Gasteiger partial charge in [0.1, 0.15) is 0 Å². The molecular weight excluding hydrogens is 360 g/mol. The summed E-state index contributed by atoms with van der Waals surface area (Å²) in [5.41, 5.74) is 0.904. The highest BCUT2D eigenvalue weighted by Gasteiger charge is 2.16. The van der Waals surface area contributed by atoms with Crippen molar-refractivity contribution >= 4 is 37.3 Å². The summed E-state index contributed by atoms with van der Waals surface area (Å²) in [6.07, 6.45) is 0. The van der Waals surface area contributed by atoms with Crippen molar-refractivity contribution in [1.82, 2.24) is 10.0 Å². The van der Waals surface area contributed by atoms with Crippen LogP contribution in [0.25, 0.3) is 0 Å². The summed E-state index contributed by atoms with van der Waals surface area (Å²) in [6.45, 7) is 0.936. The molecule has 0 spiro atoms. The number of thiophene rings is 1. The minimum atomic E-state index is -3.46. The molecule has 1 aromatic carbocycles. The van der Waals surface area contributed by atoms with E-state index in [0.29, 0.717) is 11.4 Å². The first-order valence-corrected chi connectivity index (χ1v) is 9.13. The van der Waals surface area contributed by atoms with E-state index < -0.39 is 10.0 Å². The molecule has 0 radical (unpaired) electrons. The number of nitrogens with one attached hydrogen (secondary N) is 2. The van der Waals surface area contributed by atoms with Crippen LogP contribution in [0.3, 0.4) is 0 Å². The minimum absolute atomic E-state index is 0.265. The van der Waals surface area contributed by atoms with Gasteiger partial charge in [-0.15, -0.1) is 11.3 Å². The Hall–Kier alpha value is -0.730. The molecule has 7 heteroatoms. The zero-order valence-corrected chi connectivity index (χ0v) is 14.1. The topological polar surface area (TPSA) is 58.2 Å². The average Bonchev–Trinajstić information content (AvgIpc) is 2.88. The zero-order valence-electron chi connectivity index (χ0n) is 10.9. The molecule has 0 aliphatic heterocycles. The van der Waals surface area contributed by atoms with Crippen LogP contribution in [0.4, 0.5) is 0 Å². The van der Waals surface area contributed by atoms with Gasteiger partial charge < -0.3 is 5.32 Å². The number of sulfonamides is 1. The predicted molar refractivity (Wildman–Crippen MR) is 85.3 cm³/mol. The number of rotatable bonds is 6. The van der Waals surface area contributed by atoms with Crippen molar-refractivity contribution in [3.05, 3.63) is 50.6 Å². The maximum atomic E-state index is 12.2. The molecule has 0 fully saturated rings. The summed E-state index contributed by atoms with van der Waals surface area (Å²) >= 11 is 4.84. The fraction of sp³-hybridized carbons (Fsp3) is 0.231. The summed E-state index contributed by atoms with van der Waals surface area (Å²) in [7, 11) is -1.63. The number of benzene rings is 1. The Morgan fingerprint density at radius 1 is 1.25 bits per heavy atom. The van der Waals surface area contributed by atoms with E-state index in [2.05, 4.69) is 26.0 Å². The third-order valence-electron chi connectivity index (χ3n) is 2.70. The molecule has 2 aromatic rings. The second-order valence-electron chi connectivity index (χ2n) is 4.20. The Kier molecular flexibility index (Phi) is 5.34. The van der Waals surface area contributed by atoms with Crippen LogP contribution in [-0.2, 0) is 23.1 Å². The summed E-state index contributed by atoms with van der Waals surface area (Å²) in [5.74, 6) is 0. The lowest BCUT2D eigenvalue weighted by atomic mass is 10.2. The lowest BCUT2D eigenvalue weighted by Crippen LogP contribution is -2.23. The maximum absolute atomic E-state index is 12.2. The number of hydrogen-bond acceptors (Lipinski definition) is 4. The highest BCUT2D eigenvalue weighted by atomic mass is 79.9. The van der Waals surface area contributed by atoms with E-state index in [1.165, 1.54) is 11.3 Å². The van der Waals surface area contributed by atoms with Gasteiger partial charge in [-0.3, -0.25) is 0 Å². The van der Waals surface area contributed by atoms with Gasteiger partial charge in [0.15, 0.2) is 0 Å². The molecule has 1 aromatic heterocycles. The molecule has 0 aliphatic rings. The van der Waals surface area contributed by atoms with Crippen LogP contribution in [0.15, 0.2) is 45.1 Å². The van der Waals surface area contributed by atoms with Crippen molar-refractivity contribution in [3.8, 4) is 0 Å². The average molecular weight is 375 g/mol. The van der Waals surface area contributed by atoms with Gasteiger partial charge in [-0.05, 0) is 24.7 Å². The largest absolute Gasteiger partial charge is 0.315 e. The number of hydrogen-bond donors (Lipinski definition) is 2. The Labute approximate surface area is 131 Å². The van der Waals surface area contributed by atoms with E-state index in [1.54, 1.807) is 11.4 Å². The molecule has 2 N–H and O–H groups in total. The summed E-state index contributed by atoms with van der Waals surface area (Å²) in [4.78, 5) is 1.31. The van der Waals surface area contributed by atoms with E-state index >= 15 is 0 Å². The van der Waals surface area contributed by atoms with Gasteiger partial charge in [0.2, 0.25) is 10.0 Å². The highest BCUT2D eigenvalue weighted by molar-refractivity contribution is 9.10. The smallest absolute Gasteiger partial charge is 0.241 e. The van der Waals surface area contributed by atoms with Crippen LogP contribution >= 0.6 is 27.3 Å². The van der Waals surface area contributed by atoms with Crippen LogP contribution in [-0.4, -0.2) is 15.5 Å². The van der Waals surface area contributed by atoms with Gasteiger partial charge in [0.05, 0.1) is 4.90 Å². The lowest BCUT2D eigenvalue weighted by molar-refractivity contribution is 0.581. The quantitative estimate of drug-likeness (QED) is 0.816. The second-order valence-corrected chi connectivity index (χ2v) is 7.81. The lowest BCUT2D eigenvalue weighted by Gasteiger charge is -2.06. The van der Waals surface area contributed by atoms with E-state index in [9.17, 15) is 8.42 Å². The Morgan fingerprint density at radius 3 is 2.70 bits per heavy atom. The van der Waals surface area contributed by atoms with Gasteiger partial charge in [-0.2, -0.15) is 0 Å². The second kappa shape index (κ2) is 6.82. The van der Waals surface area contributed by atoms with E-state index in [0.717, 1.165) is 14.9 Å².